The Morgan fingerprint density at radius 3 is 2.67 bits per heavy atom. The fraction of sp³-hybridized carbons (Fsp3) is 0.500. The number of carbonyl (C=O) groups is 2. The van der Waals surface area contributed by atoms with Crippen LogP contribution in [0.2, 0.25) is 0 Å². The highest BCUT2D eigenvalue weighted by atomic mass is 16.4. The average Bonchev–Trinajstić information content (AvgIpc) is 2.45. The van der Waals surface area contributed by atoms with Gasteiger partial charge in [0.25, 0.3) is 0 Å². The molecule has 1 atom stereocenters. The van der Waals surface area contributed by atoms with Crippen LogP contribution in [-0.2, 0) is 11.2 Å². The van der Waals surface area contributed by atoms with Crippen molar-refractivity contribution in [2.24, 2.45) is 0 Å². The molecule has 1 aliphatic rings. The second kappa shape index (κ2) is 5.76. The number of rotatable bonds is 3. The molecule has 1 aromatic rings. The standard InChI is InChI=1S/C16H22N2O3/c1-4-16(2,3)17-15(21)18-10-9-11-7-5-6-8-12(11)13(18)14(19)20/h5-8,13H,4,9-10H2,1-3H3,(H,17,21)(H,19,20). The highest BCUT2D eigenvalue weighted by Gasteiger charge is 2.36. The smallest absolute Gasteiger partial charge is 0.331 e. The van der Waals surface area contributed by atoms with E-state index in [2.05, 4.69) is 5.32 Å². The van der Waals surface area contributed by atoms with Gasteiger partial charge in [0.2, 0.25) is 0 Å². The van der Waals surface area contributed by atoms with Gasteiger partial charge in [-0.2, -0.15) is 0 Å². The molecule has 0 radical (unpaired) electrons. The van der Waals surface area contributed by atoms with Gasteiger partial charge in [0, 0.05) is 12.1 Å². The van der Waals surface area contributed by atoms with E-state index in [1.165, 1.54) is 4.90 Å². The maximum Gasteiger partial charge on any atom is 0.331 e. The van der Waals surface area contributed by atoms with Gasteiger partial charge in [-0.05, 0) is 37.8 Å². The number of nitrogens with zero attached hydrogens (tertiary/aromatic N) is 1. The van der Waals surface area contributed by atoms with Crippen molar-refractivity contribution in [1.82, 2.24) is 10.2 Å². The number of hydrogen-bond acceptors (Lipinski definition) is 2. The first-order chi connectivity index (χ1) is 9.85. The third-order valence-corrected chi connectivity index (χ3v) is 4.11. The Kier molecular flexibility index (Phi) is 4.21. The first-order valence-electron chi connectivity index (χ1n) is 7.25. The third kappa shape index (κ3) is 3.17. The summed E-state index contributed by atoms with van der Waals surface area (Å²) in [5, 5.41) is 12.5. The summed E-state index contributed by atoms with van der Waals surface area (Å²) >= 11 is 0. The van der Waals surface area contributed by atoms with Crippen molar-refractivity contribution < 1.29 is 14.7 Å². The average molecular weight is 290 g/mol. The van der Waals surface area contributed by atoms with Crippen molar-refractivity contribution in [2.45, 2.75) is 45.2 Å². The number of amides is 2. The largest absolute Gasteiger partial charge is 0.479 e. The second-order valence-corrected chi connectivity index (χ2v) is 6.05. The number of fused-ring (bicyclic) bond motifs is 1. The molecule has 2 N–H and O–H groups in total. The van der Waals surface area contributed by atoms with E-state index < -0.39 is 12.0 Å². The molecule has 2 amide bonds. The van der Waals surface area contributed by atoms with E-state index >= 15 is 0 Å². The van der Waals surface area contributed by atoms with Crippen molar-refractivity contribution >= 4 is 12.0 Å². The molecule has 1 heterocycles. The lowest BCUT2D eigenvalue weighted by atomic mass is 9.92. The lowest BCUT2D eigenvalue weighted by Gasteiger charge is -2.37. The zero-order valence-corrected chi connectivity index (χ0v) is 12.7. The highest BCUT2D eigenvalue weighted by molar-refractivity contribution is 5.85. The molecule has 1 unspecified atom stereocenters. The van der Waals surface area contributed by atoms with Crippen LogP contribution >= 0.6 is 0 Å². The van der Waals surface area contributed by atoms with Gasteiger partial charge >= 0.3 is 12.0 Å². The number of carboxylic acid groups (broad SMARTS) is 1. The molecule has 0 aromatic heterocycles. The first-order valence-corrected chi connectivity index (χ1v) is 7.25. The molecule has 0 bridgehead atoms. The molecule has 114 valence electrons. The number of benzene rings is 1. The van der Waals surface area contributed by atoms with Crippen LogP contribution in [0.25, 0.3) is 0 Å². The van der Waals surface area contributed by atoms with Crippen molar-refractivity contribution in [3.8, 4) is 0 Å². The van der Waals surface area contributed by atoms with Gasteiger partial charge in [0.05, 0.1) is 0 Å². The Balaban J connectivity index is 2.29. The Hall–Kier alpha value is -2.04. The molecule has 1 aromatic carbocycles. The molecule has 0 spiro atoms. The van der Waals surface area contributed by atoms with Crippen LogP contribution < -0.4 is 5.32 Å². The van der Waals surface area contributed by atoms with E-state index in [1.807, 2.05) is 39.0 Å². The Labute approximate surface area is 125 Å². The molecule has 0 saturated carbocycles. The molecule has 5 heteroatoms. The van der Waals surface area contributed by atoms with E-state index in [0.29, 0.717) is 18.5 Å². The Morgan fingerprint density at radius 1 is 1.38 bits per heavy atom. The molecular formula is C16H22N2O3. The topological polar surface area (TPSA) is 69.6 Å². The zero-order chi connectivity index (χ0) is 15.6. The van der Waals surface area contributed by atoms with E-state index in [9.17, 15) is 14.7 Å². The number of hydrogen-bond donors (Lipinski definition) is 2. The summed E-state index contributed by atoms with van der Waals surface area (Å²) in [7, 11) is 0. The monoisotopic (exact) mass is 290 g/mol. The summed E-state index contributed by atoms with van der Waals surface area (Å²) in [6.45, 7) is 6.26. The summed E-state index contributed by atoms with van der Waals surface area (Å²) in [4.78, 5) is 25.5. The van der Waals surface area contributed by atoms with Crippen LogP contribution in [0.4, 0.5) is 4.79 Å². The zero-order valence-electron chi connectivity index (χ0n) is 12.7. The van der Waals surface area contributed by atoms with Crippen molar-refractivity contribution in [1.29, 1.82) is 0 Å². The van der Waals surface area contributed by atoms with Crippen LogP contribution in [0.5, 0.6) is 0 Å². The summed E-state index contributed by atoms with van der Waals surface area (Å²) in [6.07, 6.45) is 1.46. The molecule has 0 fully saturated rings. The normalized spacial score (nSPS) is 18.0. The number of nitrogens with one attached hydrogen (secondary N) is 1. The number of urea groups is 1. The number of aliphatic carboxylic acids is 1. The summed E-state index contributed by atoms with van der Waals surface area (Å²) in [5.41, 5.74) is 1.36. The molecule has 2 rings (SSSR count). The second-order valence-electron chi connectivity index (χ2n) is 6.05. The van der Waals surface area contributed by atoms with E-state index in [1.54, 1.807) is 6.07 Å². The van der Waals surface area contributed by atoms with Crippen LogP contribution in [0.3, 0.4) is 0 Å². The minimum Gasteiger partial charge on any atom is -0.479 e. The van der Waals surface area contributed by atoms with Gasteiger partial charge < -0.3 is 15.3 Å². The van der Waals surface area contributed by atoms with Gasteiger partial charge in [-0.3, -0.25) is 0 Å². The predicted octanol–water partition coefficient (Wildman–Crippen LogP) is 2.57. The Bertz CT molecular complexity index is 554. The van der Waals surface area contributed by atoms with Gasteiger partial charge in [-0.1, -0.05) is 31.2 Å². The van der Waals surface area contributed by atoms with Crippen molar-refractivity contribution in [3.63, 3.8) is 0 Å². The first kappa shape index (κ1) is 15.4. The van der Waals surface area contributed by atoms with E-state index in [0.717, 1.165) is 12.0 Å². The number of carboxylic acids is 1. The molecule has 1 aliphatic heterocycles. The molecule has 21 heavy (non-hydrogen) atoms. The fourth-order valence-electron chi connectivity index (χ4n) is 2.50. The maximum absolute atomic E-state index is 12.4. The summed E-state index contributed by atoms with van der Waals surface area (Å²) < 4.78 is 0. The minimum absolute atomic E-state index is 0.316. The molecule has 5 nitrogen and oxygen atoms in total. The van der Waals surface area contributed by atoms with Gasteiger partial charge in [-0.25, -0.2) is 9.59 Å². The highest BCUT2D eigenvalue weighted by Crippen LogP contribution is 2.30. The van der Waals surface area contributed by atoms with Crippen LogP contribution in [0, 0.1) is 0 Å². The minimum atomic E-state index is -0.994. The summed E-state index contributed by atoms with van der Waals surface area (Å²) in [6, 6.07) is 6.20. The quantitative estimate of drug-likeness (QED) is 0.899. The van der Waals surface area contributed by atoms with Crippen molar-refractivity contribution in [2.75, 3.05) is 6.54 Å². The van der Waals surface area contributed by atoms with Crippen LogP contribution in [0.1, 0.15) is 44.4 Å². The molecular weight excluding hydrogens is 268 g/mol. The summed E-state index contributed by atoms with van der Waals surface area (Å²) in [5.74, 6) is -0.994. The SMILES string of the molecule is CCC(C)(C)NC(=O)N1CCc2ccccc2C1C(=O)O. The maximum atomic E-state index is 12.4. The van der Waals surface area contributed by atoms with Crippen molar-refractivity contribution in [3.05, 3.63) is 35.4 Å². The van der Waals surface area contributed by atoms with Gasteiger partial charge in [-0.15, -0.1) is 0 Å². The predicted molar refractivity (Wildman–Crippen MR) is 80.1 cm³/mol. The lowest BCUT2D eigenvalue weighted by Crippen LogP contribution is -2.53. The van der Waals surface area contributed by atoms with Gasteiger partial charge in [0.15, 0.2) is 6.04 Å². The third-order valence-electron chi connectivity index (χ3n) is 4.11. The molecule has 0 saturated heterocycles. The Morgan fingerprint density at radius 2 is 2.05 bits per heavy atom. The van der Waals surface area contributed by atoms with Crippen LogP contribution in [-0.4, -0.2) is 34.1 Å². The fourth-order valence-corrected chi connectivity index (χ4v) is 2.50. The van der Waals surface area contributed by atoms with Gasteiger partial charge in [0.1, 0.15) is 0 Å². The van der Waals surface area contributed by atoms with E-state index in [-0.39, 0.29) is 11.6 Å². The van der Waals surface area contributed by atoms with Crippen LogP contribution in [0.15, 0.2) is 24.3 Å². The lowest BCUT2D eigenvalue weighted by molar-refractivity contribution is -0.142. The molecule has 0 aliphatic carbocycles. The van der Waals surface area contributed by atoms with E-state index in [4.69, 9.17) is 0 Å². The number of carbonyl (C=O) groups excluding carboxylic acids is 1.